The van der Waals surface area contributed by atoms with E-state index in [0.717, 1.165) is 12.8 Å². The van der Waals surface area contributed by atoms with Gasteiger partial charge in [0.15, 0.2) is 0 Å². The topological polar surface area (TPSA) is 26.3 Å². The summed E-state index contributed by atoms with van der Waals surface area (Å²) in [5, 5.41) is 0. The fourth-order valence-electron chi connectivity index (χ4n) is 2.13. The normalized spacial score (nSPS) is 13.6. The minimum Gasteiger partial charge on any atom is -0.466 e. The number of hydrogen-bond donors (Lipinski definition) is 0. The van der Waals surface area contributed by atoms with E-state index in [-0.39, 0.29) is 16.8 Å². The van der Waals surface area contributed by atoms with Crippen molar-refractivity contribution in [3.05, 3.63) is 0 Å². The van der Waals surface area contributed by atoms with Gasteiger partial charge in [0, 0.05) is 0 Å². The third-order valence-electron chi connectivity index (χ3n) is 4.36. The van der Waals surface area contributed by atoms with E-state index in [1.54, 1.807) is 0 Å². The van der Waals surface area contributed by atoms with E-state index < -0.39 is 5.41 Å². The molecule has 0 radical (unpaired) electrons. The zero-order chi connectivity index (χ0) is 13.9. The number of rotatable bonds is 6. The number of ether oxygens (including phenoxy) is 1. The van der Waals surface area contributed by atoms with Crippen molar-refractivity contribution in [1.29, 1.82) is 0 Å². The molecule has 0 unspecified atom stereocenters. The van der Waals surface area contributed by atoms with Gasteiger partial charge in [0.05, 0.1) is 12.0 Å². The summed E-state index contributed by atoms with van der Waals surface area (Å²) < 4.78 is 5.20. The summed E-state index contributed by atoms with van der Waals surface area (Å²) in [7, 11) is 0. The van der Waals surface area contributed by atoms with Gasteiger partial charge in [0.25, 0.3) is 0 Å². The summed E-state index contributed by atoms with van der Waals surface area (Å²) in [5.74, 6) is -0.0862. The van der Waals surface area contributed by atoms with Crippen LogP contribution in [0.4, 0.5) is 0 Å². The van der Waals surface area contributed by atoms with Crippen molar-refractivity contribution in [3.8, 4) is 0 Å². The summed E-state index contributed by atoms with van der Waals surface area (Å²) in [5.41, 5.74) is -0.262. The molecule has 102 valence electrons. The van der Waals surface area contributed by atoms with Gasteiger partial charge in [-0.1, -0.05) is 41.0 Å². The van der Waals surface area contributed by atoms with Gasteiger partial charge < -0.3 is 4.74 Å². The highest BCUT2D eigenvalue weighted by atomic mass is 16.5. The fourth-order valence-corrected chi connectivity index (χ4v) is 2.13. The van der Waals surface area contributed by atoms with Crippen LogP contribution in [0.2, 0.25) is 0 Å². The van der Waals surface area contributed by atoms with Crippen LogP contribution in [0.3, 0.4) is 0 Å². The first-order chi connectivity index (χ1) is 7.50. The monoisotopic (exact) mass is 242 g/mol. The summed E-state index contributed by atoms with van der Waals surface area (Å²) in [6, 6.07) is 0. The molecule has 0 aliphatic heterocycles. The predicted molar refractivity (Wildman–Crippen MR) is 72.9 cm³/mol. The first-order valence-corrected chi connectivity index (χ1v) is 6.67. The van der Waals surface area contributed by atoms with Crippen molar-refractivity contribution < 1.29 is 9.53 Å². The van der Waals surface area contributed by atoms with Gasteiger partial charge in [-0.2, -0.15) is 0 Å². The highest BCUT2D eigenvalue weighted by Gasteiger charge is 2.46. The number of carbonyl (C=O) groups is 1. The zero-order valence-corrected chi connectivity index (χ0v) is 12.9. The van der Waals surface area contributed by atoms with E-state index in [2.05, 4.69) is 34.6 Å². The second kappa shape index (κ2) is 5.41. The van der Waals surface area contributed by atoms with Crippen molar-refractivity contribution in [3.63, 3.8) is 0 Å². The molecule has 2 nitrogen and oxygen atoms in total. The Morgan fingerprint density at radius 3 is 1.82 bits per heavy atom. The summed E-state index contributed by atoms with van der Waals surface area (Å²) in [6.07, 6.45) is 2.14. The Morgan fingerprint density at radius 1 is 1.00 bits per heavy atom. The molecule has 0 atom stereocenters. The van der Waals surface area contributed by atoms with Gasteiger partial charge in [0.1, 0.15) is 0 Å². The summed E-state index contributed by atoms with van der Waals surface area (Å²) >= 11 is 0. The Balaban J connectivity index is 4.96. The van der Waals surface area contributed by atoms with Crippen LogP contribution in [0, 0.1) is 16.2 Å². The van der Waals surface area contributed by atoms with Crippen LogP contribution in [-0.4, -0.2) is 12.6 Å². The molecule has 2 heteroatoms. The molecule has 0 heterocycles. The van der Waals surface area contributed by atoms with Crippen LogP contribution in [-0.2, 0) is 9.53 Å². The van der Waals surface area contributed by atoms with Crippen molar-refractivity contribution >= 4 is 5.97 Å². The maximum absolute atomic E-state index is 12.1. The van der Waals surface area contributed by atoms with E-state index in [1.165, 1.54) is 0 Å². The number of hydrogen-bond acceptors (Lipinski definition) is 2. The van der Waals surface area contributed by atoms with E-state index in [9.17, 15) is 4.79 Å². The maximum Gasteiger partial charge on any atom is 0.312 e. The van der Waals surface area contributed by atoms with Crippen LogP contribution < -0.4 is 0 Å². The molecule has 0 amide bonds. The smallest absolute Gasteiger partial charge is 0.312 e. The maximum atomic E-state index is 12.1. The van der Waals surface area contributed by atoms with E-state index in [4.69, 9.17) is 4.74 Å². The lowest BCUT2D eigenvalue weighted by Gasteiger charge is -2.44. The predicted octanol–water partition coefficient (Wildman–Crippen LogP) is 4.43. The molecule has 0 spiro atoms. The van der Waals surface area contributed by atoms with Crippen LogP contribution in [0.5, 0.6) is 0 Å². The minimum atomic E-state index is -0.449. The highest BCUT2D eigenvalue weighted by Crippen LogP contribution is 2.48. The molecule has 0 fully saturated rings. The van der Waals surface area contributed by atoms with Gasteiger partial charge in [-0.05, 0) is 38.0 Å². The summed E-state index contributed by atoms with van der Waals surface area (Å²) in [4.78, 5) is 12.1. The first kappa shape index (κ1) is 16.5. The zero-order valence-electron chi connectivity index (χ0n) is 12.9. The number of esters is 1. The molecule has 0 aromatic heterocycles. The quantitative estimate of drug-likeness (QED) is 0.644. The van der Waals surface area contributed by atoms with Crippen molar-refractivity contribution in [2.24, 2.45) is 16.2 Å². The van der Waals surface area contributed by atoms with Gasteiger partial charge in [0.2, 0.25) is 0 Å². The van der Waals surface area contributed by atoms with E-state index >= 15 is 0 Å². The Labute approximate surface area is 107 Å². The standard InChI is InChI=1S/C15H30O2/c1-9-13(3,4)11-14(5,6)15(7,8)12(16)17-10-2/h9-11H2,1-8H3. The lowest BCUT2D eigenvalue weighted by Crippen LogP contribution is -2.43. The fraction of sp³-hybridized carbons (Fsp3) is 0.933. The van der Waals surface area contributed by atoms with Gasteiger partial charge >= 0.3 is 5.97 Å². The first-order valence-electron chi connectivity index (χ1n) is 6.67. The molecule has 0 saturated heterocycles. The van der Waals surface area contributed by atoms with Crippen molar-refractivity contribution in [1.82, 2.24) is 0 Å². The molecule has 0 aromatic rings. The molecule has 0 bridgehead atoms. The van der Waals surface area contributed by atoms with Crippen molar-refractivity contribution in [2.75, 3.05) is 6.61 Å². The van der Waals surface area contributed by atoms with Gasteiger partial charge in [-0.25, -0.2) is 0 Å². The van der Waals surface area contributed by atoms with Gasteiger partial charge in [-0.15, -0.1) is 0 Å². The van der Waals surface area contributed by atoms with Gasteiger partial charge in [-0.3, -0.25) is 4.79 Å². The molecule has 0 aliphatic carbocycles. The largest absolute Gasteiger partial charge is 0.466 e. The molecule has 0 rings (SSSR count). The minimum absolute atomic E-state index is 0.0707. The van der Waals surface area contributed by atoms with Crippen molar-refractivity contribution in [2.45, 2.75) is 68.2 Å². The Hall–Kier alpha value is -0.530. The highest BCUT2D eigenvalue weighted by molar-refractivity contribution is 5.76. The average Bonchev–Trinajstić information content (AvgIpc) is 2.16. The Kier molecular flexibility index (Phi) is 5.24. The molecule has 0 aromatic carbocycles. The number of carbonyl (C=O) groups excluding carboxylic acids is 1. The van der Waals surface area contributed by atoms with E-state index in [1.807, 2.05) is 20.8 Å². The van der Waals surface area contributed by atoms with Crippen LogP contribution >= 0.6 is 0 Å². The second-order valence-corrected chi connectivity index (χ2v) is 6.92. The van der Waals surface area contributed by atoms with Crippen LogP contribution in [0.1, 0.15) is 68.2 Å². The molecule has 0 saturated carbocycles. The lowest BCUT2D eigenvalue weighted by atomic mass is 9.61. The van der Waals surface area contributed by atoms with Crippen LogP contribution in [0.25, 0.3) is 0 Å². The second-order valence-electron chi connectivity index (χ2n) is 6.92. The van der Waals surface area contributed by atoms with E-state index in [0.29, 0.717) is 6.61 Å². The molecule has 17 heavy (non-hydrogen) atoms. The molecule has 0 N–H and O–H groups in total. The molecule has 0 aliphatic rings. The third-order valence-corrected chi connectivity index (χ3v) is 4.36. The average molecular weight is 242 g/mol. The molecular weight excluding hydrogens is 212 g/mol. The SMILES string of the molecule is CCOC(=O)C(C)(C)C(C)(C)CC(C)(C)CC. The van der Waals surface area contributed by atoms with Crippen LogP contribution in [0.15, 0.2) is 0 Å². The molecular formula is C15H30O2. The Morgan fingerprint density at radius 2 is 1.47 bits per heavy atom. The third kappa shape index (κ3) is 4.01. The summed E-state index contributed by atoms with van der Waals surface area (Å²) in [6.45, 7) is 17.4. The lowest BCUT2D eigenvalue weighted by molar-refractivity contribution is -0.161. The Bertz CT molecular complexity index is 262.